The van der Waals surface area contributed by atoms with E-state index >= 15 is 0 Å². The second-order valence-electron chi connectivity index (χ2n) is 9.60. The van der Waals surface area contributed by atoms with E-state index in [-0.39, 0.29) is 17.6 Å². The summed E-state index contributed by atoms with van der Waals surface area (Å²) in [6, 6.07) is 13.6. The van der Waals surface area contributed by atoms with E-state index in [1.54, 1.807) is 42.4 Å². The lowest BCUT2D eigenvalue weighted by Crippen LogP contribution is -2.28. The molecular weight excluding hydrogens is 555 g/mol. The topological polar surface area (TPSA) is 97.6 Å². The van der Waals surface area contributed by atoms with Gasteiger partial charge in [0.1, 0.15) is 17.3 Å². The van der Waals surface area contributed by atoms with Crippen molar-refractivity contribution in [1.29, 1.82) is 0 Å². The molecule has 0 unspecified atom stereocenters. The average Bonchev–Trinajstić information content (AvgIpc) is 3.52. The summed E-state index contributed by atoms with van der Waals surface area (Å²) in [5.41, 5.74) is 10.5. The van der Waals surface area contributed by atoms with Crippen LogP contribution >= 0.6 is 0 Å². The summed E-state index contributed by atoms with van der Waals surface area (Å²) >= 11 is 0. The Morgan fingerprint density at radius 1 is 1.07 bits per heavy atom. The molecule has 2 heterocycles. The number of halogens is 1. The van der Waals surface area contributed by atoms with Crippen LogP contribution in [-0.2, 0) is 17.6 Å². The molecule has 0 atom stereocenters. The molecule has 1 aromatic heterocycles. The number of hydrogen-bond donors (Lipinski definition) is 2. The minimum atomic E-state index is -0.301. The van der Waals surface area contributed by atoms with E-state index in [0.717, 1.165) is 53.1 Å². The summed E-state index contributed by atoms with van der Waals surface area (Å²) in [6.07, 6.45) is 7.07. The predicted molar refractivity (Wildman–Crippen MR) is 181 cm³/mol. The number of allylic oxidation sites excluding steroid dienone is 1. The second-order valence-corrected chi connectivity index (χ2v) is 9.60. The summed E-state index contributed by atoms with van der Waals surface area (Å²) in [6.45, 7) is 14.9. The molecule has 4 rings (SSSR count). The van der Waals surface area contributed by atoms with Crippen molar-refractivity contribution in [2.75, 3.05) is 25.1 Å². The number of anilines is 1. The SMILES string of the molecule is CC.CC.CC/C=C/N.CCCC(=O)N(C)c1cc(C(=O)NCCc2cc3c(c(-c4ccc(F)cc4)n2)OCC3)ccc1C. The Kier molecular flexibility index (Phi) is 17.8. The Balaban J connectivity index is 0.000000962. The molecule has 3 N–H and O–H groups in total. The molecule has 0 aliphatic carbocycles. The summed E-state index contributed by atoms with van der Waals surface area (Å²) in [5.74, 6) is 0.270. The number of fused-ring (bicyclic) bond motifs is 1. The minimum absolute atomic E-state index is 0.0248. The van der Waals surface area contributed by atoms with Crippen molar-refractivity contribution in [3.05, 3.63) is 89.0 Å². The van der Waals surface area contributed by atoms with Crippen molar-refractivity contribution in [3.63, 3.8) is 0 Å². The monoisotopic (exact) mass is 606 g/mol. The lowest BCUT2D eigenvalue weighted by Gasteiger charge is -2.20. The zero-order valence-electron chi connectivity index (χ0n) is 27.8. The van der Waals surface area contributed by atoms with Crippen LogP contribution in [0.4, 0.5) is 10.1 Å². The number of benzene rings is 2. The van der Waals surface area contributed by atoms with Crippen LogP contribution in [0.3, 0.4) is 0 Å². The predicted octanol–water partition coefficient (Wildman–Crippen LogP) is 7.79. The molecule has 1 aliphatic heterocycles. The van der Waals surface area contributed by atoms with Crippen molar-refractivity contribution >= 4 is 17.5 Å². The van der Waals surface area contributed by atoms with Gasteiger partial charge in [-0.15, -0.1) is 0 Å². The second kappa shape index (κ2) is 20.7. The van der Waals surface area contributed by atoms with Gasteiger partial charge in [-0.25, -0.2) is 9.37 Å². The highest BCUT2D eigenvalue weighted by atomic mass is 19.1. The first-order valence-electron chi connectivity index (χ1n) is 15.7. The number of ether oxygens (including phenoxy) is 1. The lowest BCUT2D eigenvalue weighted by molar-refractivity contribution is -0.118. The maximum Gasteiger partial charge on any atom is 0.251 e. The maximum atomic E-state index is 13.4. The highest BCUT2D eigenvalue weighted by molar-refractivity contribution is 5.98. The van der Waals surface area contributed by atoms with Crippen LogP contribution in [0.1, 0.15) is 88.0 Å². The first-order valence-corrected chi connectivity index (χ1v) is 15.7. The summed E-state index contributed by atoms with van der Waals surface area (Å²) < 4.78 is 19.2. The van der Waals surface area contributed by atoms with Crippen LogP contribution < -0.4 is 20.7 Å². The molecule has 240 valence electrons. The first kappa shape index (κ1) is 37.8. The van der Waals surface area contributed by atoms with Gasteiger partial charge in [0.05, 0.1) is 6.61 Å². The number of aromatic nitrogens is 1. The van der Waals surface area contributed by atoms with E-state index < -0.39 is 0 Å². The summed E-state index contributed by atoms with van der Waals surface area (Å²) in [5, 5.41) is 2.96. The summed E-state index contributed by atoms with van der Waals surface area (Å²) in [4.78, 5) is 31.5. The normalized spacial score (nSPS) is 11.0. The molecule has 0 saturated heterocycles. The molecule has 2 amide bonds. The largest absolute Gasteiger partial charge is 0.491 e. The van der Waals surface area contributed by atoms with Crippen molar-refractivity contribution in [3.8, 4) is 17.0 Å². The van der Waals surface area contributed by atoms with E-state index in [2.05, 4.69) is 5.32 Å². The Morgan fingerprint density at radius 2 is 1.75 bits per heavy atom. The molecule has 1 aliphatic rings. The van der Waals surface area contributed by atoms with Crippen LogP contribution in [0.25, 0.3) is 11.3 Å². The van der Waals surface area contributed by atoms with E-state index in [1.165, 1.54) is 12.1 Å². The molecule has 0 spiro atoms. The zero-order chi connectivity index (χ0) is 33.1. The van der Waals surface area contributed by atoms with E-state index in [0.29, 0.717) is 37.3 Å². The standard InChI is InChI=1S/C28H30FN3O3.C4H9N.2C2H6/c1-4-5-25(33)32(3)24-17-21(7-6-18(24)2)28(34)30-14-12-23-16-20-13-15-35-27(20)26(31-23)19-8-10-22(29)11-9-19;1-2-3-4-5;2*1-2/h6-11,16-17H,4-5,12-15H2,1-3H3,(H,30,34);3-4H,2,5H2,1H3;2*1-2H3/b;4-3+;;. The van der Waals surface area contributed by atoms with E-state index in [1.807, 2.05) is 66.7 Å². The third-order valence-electron chi connectivity index (χ3n) is 6.55. The van der Waals surface area contributed by atoms with Gasteiger partial charge in [0.15, 0.2) is 0 Å². The Morgan fingerprint density at radius 3 is 2.34 bits per heavy atom. The molecular formula is C36H51FN4O3. The summed E-state index contributed by atoms with van der Waals surface area (Å²) in [7, 11) is 1.74. The van der Waals surface area contributed by atoms with Gasteiger partial charge in [-0.2, -0.15) is 0 Å². The van der Waals surface area contributed by atoms with Crippen LogP contribution in [-0.4, -0.2) is 37.0 Å². The zero-order valence-corrected chi connectivity index (χ0v) is 27.8. The number of amides is 2. The van der Waals surface area contributed by atoms with Gasteiger partial charge >= 0.3 is 0 Å². The van der Waals surface area contributed by atoms with E-state index in [4.69, 9.17) is 15.5 Å². The number of rotatable bonds is 9. The smallest absolute Gasteiger partial charge is 0.251 e. The number of hydrogen-bond acceptors (Lipinski definition) is 5. The van der Waals surface area contributed by atoms with Gasteiger partial charge in [0.25, 0.3) is 5.91 Å². The molecule has 8 heteroatoms. The van der Waals surface area contributed by atoms with Gasteiger partial charge in [-0.05, 0) is 74.0 Å². The third-order valence-corrected chi connectivity index (χ3v) is 6.55. The Labute approximate surface area is 263 Å². The average molecular weight is 607 g/mol. The number of carbonyl (C=O) groups is 2. The van der Waals surface area contributed by atoms with Crippen molar-refractivity contribution in [1.82, 2.24) is 10.3 Å². The van der Waals surface area contributed by atoms with Crippen LogP contribution in [0.5, 0.6) is 5.75 Å². The van der Waals surface area contributed by atoms with Crippen molar-refractivity contribution < 1.29 is 18.7 Å². The highest BCUT2D eigenvalue weighted by Gasteiger charge is 2.21. The number of nitrogens with one attached hydrogen (secondary N) is 1. The fraction of sp³-hybridized carbons (Fsp3) is 0.417. The fourth-order valence-corrected chi connectivity index (χ4v) is 4.36. The van der Waals surface area contributed by atoms with Crippen LogP contribution in [0, 0.1) is 12.7 Å². The van der Waals surface area contributed by atoms with Gasteiger partial charge in [-0.1, -0.05) is 53.7 Å². The molecule has 0 radical (unpaired) electrons. The highest BCUT2D eigenvalue weighted by Crippen LogP contribution is 2.36. The van der Waals surface area contributed by atoms with Gasteiger partial charge < -0.3 is 20.7 Å². The molecule has 3 aromatic rings. The van der Waals surface area contributed by atoms with Crippen LogP contribution in [0.2, 0.25) is 0 Å². The first-order chi connectivity index (χ1) is 21.3. The van der Waals surface area contributed by atoms with Gasteiger partial charge in [0.2, 0.25) is 5.91 Å². The number of carbonyl (C=O) groups excluding carboxylic acids is 2. The molecule has 0 fully saturated rings. The van der Waals surface area contributed by atoms with Crippen molar-refractivity contribution in [2.24, 2.45) is 5.73 Å². The Bertz CT molecular complexity index is 1340. The van der Waals surface area contributed by atoms with E-state index in [9.17, 15) is 14.0 Å². The van der Waals surface area contributed by atoms with Gasteiger partial charge in [0, 0.05) is 60.9 Å². The van der Waals surface area contributed by atoms with Crippen molar-refractivity contribution in [2.45, 2.75) is 80.6 Å². The minimum Gasteiger partial charge on any atom is -0.491 e. The number of aryl methyl sites for hydroxylation is 1. The number of pyridine rings is 1. The number of nitrogens with two attached hydrogens (primary N) is 1. The van der Waals surface area contributed by atoms with Crippen LogP contribution in [0.15, 0.2) is 60.8 Å². The quantitative estimate of drug-likeness (QED) is 0.259. The molecule has 7 nitrogen and oxygen atoms in total. The fourth-order valence-electron chi connectivity index (χ4n) is 4.36. The van der Waals surface area contributed by atoms with Gasteiger partial charge in [-0.3, -0.25) is 9.59 Å². The third kappa shape index (κ3) is 11.1. The molecule has 2 aromatic carbocycles. The maximum absolute atomic E-state index is 13.4. The molecule has 44 heavy (non-hydrogen) atoms. The Hall–Kier alpha value is -4.20. The molecule has 0 saturated carbocycles. The lowest BCUT2D eigenvalue weighted by atomic mass is 10.0. The number of nitrogens with zero attached hydrogens (tertiary/aromatic N) is 2. The molecule has 0 bridgehead atoms.